The Morgan fingerprint density at radius 3 is 2.30 bits per heavy atom. The van der Waals surface area contributed by atoms with Crippen LogP contribution in [0.4, 0.5) is 0 Å². The minimum atomic E-state index is -3.72. The predicted octanol–water partition coefficient (Wildman–Crippen LogP) is 0.366. The van der Waals surface area contributed by atoms with Gasteiger partial charge in [0, 0.05) is 0 Å². The zero-order chi connectivity index (χ0) is 15.3. The molecule has 20 heavy (non-hydrogen) atoms. The van der Waals surface area contributed by atoms with E-state index < -0.39 is 28.0 Å². The second-order valence-electron chi connectivity index (χ2n) is 4.12. The molecular weight excluding hydrogens is 286 g/mol. The van der Waals surface area contributed by atoms with Gasteiger partial charge in [-0.15, -0.1) is 0 Å². The number of benzene rings is 1. The number of carbonyl (C=O) groups excluding carboxylic acids is 1. The van der Waals surface area contributed by atoms with Gasteiger partial charge in [0.2, 0.25) is 10.0 Å². The van der Waals surface area contributed by atoms with Crippen molar-refractivity contribution in [1.82, 2.24) is 4.72 Å². The number of aromatic carboxylic acids is 1. The maximum Gasteiger partial charge on any atom is 0.335 e. The Morgan fingerprint density at radius 1 is 1.30 bits per heavy atom. The van der Waals surface area contributed by atoms with Gasteiger partial charge in [0.15, 0.2) is 0 Å². The number of hydrogen-bond acceptors (Lipinski definition) is 5. The lowest BCUT2D eigenvalue weighted by Gasteiger charge is -2.12. The van der Waals surface area contributed by atoms with Gasteiger partial charge in [-0.25, -0.2) is 17.9 Å². The molecule has 0 fully saturated rings. The van der Waals surface area contributed by atoms with Crippen molar-refractivity contribution < 1.29 is 27.9 Å². The van der Waals surface area contributed by atoms with Crippen molar-refractivity contribution in [3.8, 4) is 0 Å². The highest BCUT2D eigenvalue weighted by atomic mass is 32.2. The van der Waals surface area contributed by atoms with Gasteiger partial charge >= 0.3 is 11.9 Å². The fraction of sp³-hybridized carbons (Fsp3) is 0.333. The quantitative estimate of drug-likeness (QED) is 0.734. The maximum atomic E-state index is 11.8. The summed E-state index contributed by atoms with van der Waals surface area (Å²) >= 11 is 0. The summed E-state index contributed by atoms with van der Waals surface area (Å²) in [6, 6.07) is 4.47. The van der Waals surface area contributed by atoms with Crippen molar-refractivity contribution in [2.75, 3.05) is 7.11 Å². The third-order valence-electron chi connectivity index (χ3n) is 2.47. The van der Waals surface area contributed by atoms with Crippen molar-refractivity contribution in [1.29, 1.82) is 0 Å². The van der Waals surface area contributed by atoms with Crippen LogP contribution in [-0.4, -0.2) is 38.6 Å². The molecule has 0 heterocycles. The first-order valence-corrected chi connectivity index (χ1v) is 7.30. The predicted molar refractivity (Wildman–Crippen MR) is 70.6 cm³/mol. The summed E-state index contributed by atoms with van der Waals surface area (Å²) in [5.74, 6) is -2.12. The van der Waals surface area contributed by atoms with E-state index in [0.717, 1.165) is 7.11 Å². The first kappa shape index (κ1) is 16.1. The highest BCUT2D eigenvalue weighted by Crippen LogP contribution is 2.08. The molecule has 0 unspecified atom stereocenters. The Hall–Kier alpha value is -1.93. The minimum Gasteiger partial charge on any atom is -0.478 e. The van der Waals surface area contributed by atoms with Crippen LogP contribution in [0.2, 0.25) is 0 Å². The van der Waals surface area contributed by atoms with Gasteiger partial charge in [-0.05, 0) is 24.6 Å². The van der Waals surface area contributed by atoms with E-state index in [1.165, 1.54) is 31.2 Å². The van der Waals surface area contributed by atoms with Gasteiger partial charge in [0.05, 0.1) is 18.4 Å². The zero-order valence-corrected chi connectivity index (χ0v) is 11.8. The number of carboxylic acid groups (broad SMARTS) is 1. The molecule has 2 N–H and O–H groups in total. The first-order valence-electron chi connectivity index (χ1n) is 5.65. The molecule has 0 aliphatic carbocycles. The SMILES string of the molecule is COC(=O)[C@H](C)NS(=O)(=O)Cc1ccc(C(=O)O)cc1. The highest BCUT2D eigenvalue weighted by Gasteiger charge is 2.21. The Kier molecular flexibility index (Phi) is 5.23. The van der Waals surface area contributed by atoms with E-state index in [1.807, 2.05) is 0 Å². The van der Waals surface area contributed by atoms with Crippen LogP contribution in [0.15, 0.2) is 24.3 Å². The van der Waals surface area contributed by atoms with Crippen LogP contribution in [0, 0.1) is 0 Å². The fourth-order valence-corrected chi connectivity index (χ4v) is 2.85. The molecule has 0 aliphatic rings. The fourth-order valence-electron chi connectivity index (χ4n) is 1.50. The molecule has 0 spiro atoms. The molecule has 1 atom stereocenters. The third-order valence-corrected chi connectivity index (χ3v) is 3.89. The van der Waals surface area contributed by atoms with Crippen molar-refractivity contribution in [3.05, 3.63) is 35.4 Å². The van der Waals surface area contributed by atoms with Crippen LogP contribution in [0.5, 0.6) is 0 Å². The monoisotopic (exact) mass is 301 g/mol. The first-order chi connectivity index (χ1) is 9.25. The lowest BCUT2D eigenvalue weighted by Crippen LogP contribution is -2.39. The second kappa shape index (κ2) is 6.49. The molecule has 1 aromatic rings. The molecule has 7 nitrogen and oxygen atoms in total. The van der Waals surface area contributed by atoms with Crippen molar-refractivity contribution in [2.45, 2.75) is 18.7 Å². The Bertz CT molecular complexity index is 593. The normalized spacial score (nSPS) is 12.7. The molecule has 0 saturated heterocycles. The van der Waals surface area contributed by atoms with Crippen molar-refractivity contribution in [2.24, 2.45) is 0 Å². The topological polar surface area (TPSA) is 110 Å². The van der Waals surface area contributed by atoms with E-state index in [9.17, 15) is 18.0 Å². The maximum absolute atomic E-state index is 11.8. The van der Waals surface area contributed by atoms with E-state index in [-0.39, 0.29) is 11.3 Å². The molecule has 0 saturated carbocycles. The van der Waals surface area contributed by atoms with Gasteiger partial charge < -0.3 is 9.84 Å². The smallest absolute Gasteiger partial charge is 0.335 e. The van der Waals surface area contributed by atoms with Crippen LogP contribution in [-0.2, 0) is 25.3 Å². The van der Waals surface area contributed by atoms with Gasteiger partial charge in [-0.1, -0.05) is 12.1 Å². The van der Waals surface area contributed by atoms with Crippen LogP contribution < -0.4 is 4.72 Å². The molecule has 0 amide bonds. The molecule has 1 rings (SSSR count). The van der Waals surface area contributed by atoms with Gasteiger partial charge in [-0.2, -0.15) is 0 Å². The number of methoxy groups -OCH3 is 1. The van der Waals surface area contributed by atoms with Gasteiger partial charge in [-0.3, -0.25) is 4.79 Å². The van der Waals surface area contributed by atoms with Crippen molar-refractivity contribution in [3.63, 3.8) is 0 Å². The van der Waals surface area contributed by atoms with Crippen LogP contribution in [0.3, 0.4) is 0 Å². The highest BCUT2D eigenvalue weighted by molar-refractivity contribution is 7.88. The zero-order valence-electron chi connectivity index (χ0n) is 11.0. The second-order valence-corrected chi connectivity index (χ2v) is 5.88. The Morgan fingerprint density at radius 2 is 1.85 bits per heavy atom. The average Bonchev–Trinajstić information content (AvgIpc) is 2.37. The van der Waals surface area contributed by atoms with Gasteiger partial charge in [0.25, 0.3) is 0 Å². The number of esters is 1. The molecule has 0 bridgehead atoms. The Balaban J connectivity index is 2.76. The molecule has 0 aromatic heterocycles. The standard InChI is InChI=1S/C12H15NO6S/c1-8(12(16)19-2)13-20(17,18)7-9-3-5-10(6-4-9)11(14)15/h3-6,8,13H,7H2,1-2H3,(H,14,15)/t8-/m0/s1. The molecule has 1 aromatic carbocycles. The van der Waals surface area contributed by atoms with Crippen LogP contribution in [0.1, 0.15) is 22.8 Å². The number of hydrogen-bond donors (Lipinski definition) is 2. The number of ether oxygens (including phenoxy) is 1. The summed E-state index contributed by atoms with van der Waals surface area (Å²) in [6.07, 6.45) is 0. The van der Waals surface area contributed by atoms with Crippen molar-refractivity contribution >= 4 is 22.0 Å². The Labute approximate surface area is 116 Å². The van der Waals surface area contributed by atoms with Gasteiger partial charge in [0.1, 0.15) is 6.04 Å². The largest absolute Gasteiger partial charge is 0.478 e. The molecule has 0 aliphatic heterocycles. The lowest BCUT2D eigenvalue weighted by atomic mass is 10.1. The van der Waals surface area contributed by atoms with E-state index in [2.05, 4.69) is 9.46 Å². The van der Waals surface area contributed by atoms with Crippen LogP contribution in [0.25, 0.3) is 0 Å². The summed E-state index contributed by atoms with van der Waals surface area (Å²) in [7, 11) is -2.56. The number of carbonyl (C=O) groups is 2. The summed E-state index contributed by atoms with van der Waals surface area (Å²) in [4.78, 5) is 21.8. The number of sulfonamides is 1. The number of rotatable bonds is 6. The molecule has 110 valence electrons. The summed E-state index contributed by atoms with van der Waals surface area (Å²) in [6.45, 7) is 1.37. The summed E-state index contributed by atoms with van der Waals surface area (Å²) in [5, 5.41) is 8.73. The van der Waals surface area contributed by atoms with E-state index in [4.69, 9.17) is 5.11 Å². The van der Waals surface area contributed by atoms with Crippen LogP contribution >= 0.6 is 0 Å². The molecule has 8 heteroatoms. The minimum absolute atomic E-state index is 0.0713. The third kappa shape index (κ3) is 4.63. The van der Waals surface area contributed by atoms with E-state index >= 15 is 0 Å². The molecule has 0 radical (unpaired) electrons. The average molecular weight is 301 g/mol. The summed E-state index contributed by atoms with van der Waals surface area (Å²) < 4.78 is 30.2. The van der Waals surface area contributed by atoms with E-state index in [0.29, 0.717) is 5.56 Å². The van der Waals surface area contributed by atoms with E-state index in [1.54, 1.807) is 0 Å². The number of nitrogens with one attached hydrogen (secondary N) is 1. The molecular formula is C12H15NO6S. The number of carboxylic acids is 1. The lowest BCUT2D eigenvalue weighted by molar-refractivity contribution is -0.142. The summed E-state index contributed by atoms with van der Waals surface area (Å²) in [5.41, 5.74) is 0.488.